The number of benzene rings is 1. The molecule has 102 valence electrons. The van der Waals surface area contributed by atoms with E-state index in [0.29, 0.717) is 23.8 Å². The largest absolute Gasteiger partial charge is 0.508 e. The molecule has 5 heteroatoms. The summed E-state index contributed by atoms with van der Waals surface area (Å²) in [6.45, 7) is 1.17. The quantitative estimate of drug-likeness (QED) is 0.821. The highest BCUT2D eigenvalue weighted by atomic mass is 35.5. The molecule has 0 atom stereocenters. The molecule has 0 radical (unpaired) electrons. The summed E-state index contributed by atoms with van der Waals surface area (Å²) < 4.78 is 0. The van der Waals surface area contributed by atoms with E-state index in [1.807, 2.05) is 6.07 Å². The molecule has 1 N–H and O–H groups in total. The monoisotopic (exact) mass is 288 g/mol. The number of phenols is 1. The molecule has 4 nitrogen and oxygen atoms in total. The van der Waals surface area contributed by atoms with Crippen molar-refractivity contribution in [1.29, 1.82) is 0 Å². The fraction of sp³-hybridized carbons (Fsp3) is 0.200. The summed E-state index contributed by atoms with van der Waals surface area (Å²) in [4.78, 5) is 18.1. The molecule has 0 saturated carbocycles. The Morgan fingerprint density at radius 1 is 1.25 bits per heavy atom. The van der Waals surface area contributed by atoms with Gasteiger partial charge in [-0.15, -0.1) is 0 Å². The van der Waals surface area contributed by atoms with E-state index in [4.69, 9.17) is 11.6 Å². The lowest BCUT2D eigenvalue weighted by molar-refractivity contribution is 0.0734. The van der Waals surface area contributed by atoms with Crippen LogP contribution in [-0.2, 0) is 13.0 Å². The Kier molecular flexibility index (Phi) is 3.32. The first-order valence-electron chi connectivity index (χ1n) is 6.35. The van der Waals surface area contributed by atoms with E-state index in [1.54, 1.807) is 29.2 Å². The maximum atomic E-state index is 12.4. The van der Waals surface area contributed by atoms with Crippen LogP contribution in [0.1, 0.15) is 21.5 Å². The van der Waals surface area contributed by atoms with Gasteiger partial charge in [0.1, 0.15) is 10.9 Å². The Morgan fingerprint density at radius 3 is 2.90 bits per heavy atom. The van der Waals surface area contributed by atoms with Gasteiger partial charge in [-0.25, -0.2) is 4.98 Å². The van der Waals surface area contributed by atoms with Gasteiger partial charge in [-0.05, 0) is 41.8 Å². The summed E-state index contributed by atoms with van der Waals surface area (Å²) in [7, 11) is 0. The molecule has 1 aromatic heterocycles. The van der Waals surface area contributed by atoms with Crippen LogP contribution in [-0.4, -0.2) is 27.4 Å². The van der Waals surface area contributed by atoms with Crippen molar-refractivity contribution in [2.45, 2.75) is 13.0 Å². The second-order valence-corrected chi connectivity index (χ2v) is 5.18. The summed E-state index contributed by atoms with van der Waals surface area (Å²) in [5, 5.41) is 9.85. The van der Waals surface area contributed by atoms with Crippen LogP contribution in [0, 0.1) is 0 Å². The summed E-state index contributed by atoms with van der Waals surface area (Å²) in [6.07, 6.45) is 2.32. The van der Waals surface area contributed by atoms with E-state index in [2.05, 4.69) is 4.98 Å². The summed E-state index contributed by atoms with van der Waals surface area (Å²) >= 11 is 5.81. The van der Waals surface area contributed by atoms with Gasteiger partial charge in [0.2, 0.25) is 0 Å². The van der Waals surface area contributed by atoms with Crippen LogP contribution < -0.4 is 0 Å². The third kappa shape index (κ3) is 2.47. The van der Waals surface area contributed by atoms with E-state index >= 15 is 0 Å². The molecule has 0 saturated heterocycles. The van der Waals surface area contributed by atoms with Crippen molar-refractivity contribution in [3.63, 3.8) is 0 Å². The lowest BCUT2D eigenvalue weighted by Gasteiger charge is -2.29. The first kappa shape index (κ1) is 12.9. The number of hydrogen-bond acceptors (Lipinski definition) is 3. The number of rotatable bonds is 1. The second kappa shape index (κ2) is 5.13. The third-order valence-electron chi connectivity index (χ3n) is 3.46. The maximum Gasteiger partial charge on any atom is 0.254 e. The minimum absolute atomic E-state index is 0.0664. The first-order valence-corrected chi connectivity index (χ1v) is 6.73. The Morgan fingerprint density at radius 2 is 2.10 bits per heavy atom. The number of aromatic hydroxyl groups is 1. The highest BCUT2D eigenvalue weighted by Gasteiger charge is 2.22. The van der Waals surface area contributed by atoms with E-state index in [1.165, 1.54) is 11.8 Å². The van der Waals surface area contributed by atoms with Crippen LogP contribution in [0.25, 0.3) is 0 Å². The lowest BCUT2D eigenvalue weighted by Crippen LogP contribution is -2.35. The van der Waals surface area contributed by atoms with Crippen molar-refractivity contribution in [3.05, 3.63) is 58.4 Å². The molecule has 2 heterocycles. The second-order valence-electron chi connectivity index (χ2n) is 4.80. The van der Waals surface area contributed by atoms with Crippen molar-refractivity contribution in [2.75, 3.05) is 6.54 Å². The molecule has 0 unspecified atom stereocenters. The molecule has 3 rings (SSSR count). The number of halogens is 1. The zero-order chi connectivity index (χ0) is 14.1. The Bertz CT molecular complexity index is 673. The standard InChI is InChI=1S/C15H13ClN2O2/c16-14-8-11(3-5-17-14)15(20)18-6-4-10-1-2-13(19)7-12(10)9-18/h1-3,5,7-8,19H,4,6,9H2. The predicted molar refractivity (Wildman–Crippen MR) is 75.8 cm³/mol. The number of fused-ring (bicyclic) bond motifs is 1. The summed E-state index contributed by atoms with van der Waals surface area (Å²) in [6, 6.07) is 8.54. The highest BCUT2D eigenvalue weighted by Crippen LogP contribution is 2.24. The van der Waals surface area contributed by atoms with Gasteiger partial charge in [0.05, 0.1) is 0 Å². The number of carbonyl (C=O) groups is 1. The van der Waals surface area contributed by atoms with Gasteiger partial charge in [-0.3, -0.25) is 4.79 Å². The van der Waals surface area contributed by atoms with E-state index in [9.17, 15) is 9.90 Å². The van der Waals surface area contributed by atoms with E-state index in [0.717, 1.165) is 12.0 Å². The molecule has 1 aromatic carbocycles. The SMILES string of the molecule is O=C(c1ccnc(Cl)c1)N1CCc2ccc(O)cc2C1. The van der Waals surface area contributed by atoms with Crippen LogP contribution in [0.15, 0.2) is 36.5 Å². The maximum absolute atomic E-state index is 12.4. The van der Waals surface area contributed by atoms with Crippen LogP contribution in [0.4, 0.5) is 0 Å². The Balaban J connectivity index is 1.84. The molecule has 2 aromatic rings. The molecule has 0 spiro atoms. The van der Waals surface area contributed by atoms with Gasteiger partial charge in [0.25, 0.3) is 5.91 Å². The normalized spacial score (nSPS) is 13.9. The predicted octanol–water partition coefficient (Wildman–Crippen LogP) is 2.64. The summed E-state index contributed by atoms with van der Waals surface area (Å²) in [5.74, 6) is 0.160. The lowest BCUT2D eigenvalue weighted by atomic mass is 9.99. The van der Waals surface area contributed by atoms with Crippen molar-refractivity contribution in [1.82, 2.24) is 9.88 Å². The van der Waals surface area contributed by atoms with Crippen LogP contribution in [0.3, 0.4) is 0 Å². The van der Waals surface area contributed by atoms with E-state index < -0.39 is 0 Å². The van der Waals surface area contributed by atoms with Crippen LogP contribution in [0.5, 0.6) is 5.75 Å². The van der Waals surface area contributed by atoms with Gasteiger partial charge in [0, 0.05) is 24.8 Å². The average Bonchev–Trinajstić information content (AvgIpc) is 2.45. The fourth-order valence-electron chi connectivity index (χ4n) is 2.43. The molecule has 20 heavy (non-hydrogen) atoms. The number of phenolic OH excluding ortho intramolecular Hbond substituents is 1. The number of carbonyl (C=O) groups excluding carboxylic acids is 1. The van der Waals surface area contributed by atoms with E-state index in [-0.39, 0.29) is 11.7 Å². The van der Waals surface area contributed by atoms with Gasteiger partial charge in [0.15, 0.2) is 0 Å². The number of amides is 1. The third-order valence-corrected chi connectivity index (χ3v) is 3.67. The zero-order valence-electron chi connectivity index (χ0n) is 10.7. The molecule has 1 aliphatic rings. The minimum Gasteiger partial charge on any atom is -0.508 e. The Hall–Kier alpha value is -2.07. The number of nitrogens with zero attached hydrogens (tertiary/aromatic N) is 2. The van der Waals surface area contributed by atoms with Crippen molar-refractivity contribution in [3.8, 4) is 5.75 Å². The molecule has 1 aliphatic heterocycles. The number of hydrogen-bond donors (Lipinski definition) is 1. The van der Waals surface area contributed by atoms with Crippen molar-refractivity contribution >= 4 is 17.5 Å². The molecule has 0 fully saturated rings. The highest BCUT2D eigenvalue weighted by molar-refractivity contribution is 6.29. The first-order chi connectivity index (χ1) is 9.63. The van der Waals surface area contributed by atoms with Crippen LogP contribution >= 0.6 is 11.6 Å². The number of aromatic nitrogens is 1. The fourth-order valence-corrected chi connectivity index (χ4v) is 2.61. The zero-order valence-corrected chi connectivity index (χ0v) is 11.5. The average molecular weight is 289 g/mol. The number of pyridine rings is 1. The molecular formula is C15H13ClN2O2. The Labute approximate surface area is 121 Å². The minimum atomic E-state index is -0.0664. The van der Waals surface area contributed by atoms with Crippen LogP contribution in [0.2, 0.25) is 5.15 Å². The molecular weight excluding hydrogens is 276 g/mol. The van der Waals surface area contributed by atoms with Crippen molar-refractivity contribution in [2.24, 2.45) is 0 Å². The molecule has 0 bridgehead atoms. The summed E-state index contributed by atoms with van der Waals surface area (Å²) in [5.41, 5.74) is 2.71. The molecule has 1 amide bonds. The topological polar surface area (TPSA) is 53.4 Å². The van der Waals surface area contributed by atoms with Gasteiger partial charge in [-0.2, -0.15) is 0 Å². The van der Waals surface area contributed by atoms with Gasteiger partial charge < -0.3 is 10.0 Å². The smallest absolute Gasteiger partial charge is 0.254 e. The van der Waals surface area contributed by atoms with Gasteiger partial charge in [-0.1, -0.05) is 17.7 Å². The van der Waals surface area contributed by atoms with Gasteiger partial charge >= 0.3 is 0 Å². The molecule has 0 aliphatic carbocycles. The van der Waals surface area contributed by atoms with Crippen molar-refractivity contribution < 1.29 is 9.90 Å².